The highest BCUT2D eigenvalue weighted by atomic mass is 32.2. The van der Waals surface area contributed by atoms with Gasteiger partial charge in [-0.15, -0.1) is 22.7 Å². The lowest BCUT2D eigenvalue weighted by Gasteiger charge is -2.23. The number of thiophene rings is 2. The zero-order chi connectivity index (χ0) is 20.4. The number of hydrogen-bond acceptors (Lipinski definition) is 7. The fraction of sp³-hybridized carbons (Fsp3) is 0.474. The standard InChI is InChI=1S/C19H22N2O5S3/c22-17(21-10-3-5-14(21)15-6-4-11-27-15)13-26-19(23)18-16(7-12-28-18)29(24,25)20-8-1-2-9-20/h4,6-7,11-12,14H,1-3,5,8-10,13H2. The molecule has 10 heteroatoms. The second-order valence-electron chi connectivity index (χ2n) is 7.06. The van der Waals surface area contributed by atoms with Crippen molar-refractivity contribution in [1.82, 2.24) is 9.21 Å². The van der Waals surface area contributed by atoms with E-state index < -0.39 is 16.0 Å². The number of amides is 1. The van der Waals surface area contributed by atoms with Crippen LogP contribution in [0.4, 0.5) is 0 Å². The van der Waals surface area contributed by atoms with Gasteiger partial charge >= 0.3 is 5.97 Å². The van der Waals surface area contributed by atoms with Gasteiger partial charge in [-0.05, 0) is 48.6 Å². The Bertz CT molecular complexity index is 977. The van der Waals surface area contributed by atoms with E-state index in [9.17, 15) is 18.0 Å². The molecule has 0 bridgehead atoms. The molecule has 4 rings (SSSR count). The molecular formula is C19H22N2O5S3. The molecule has 0 radical (unpaired) electrons. The maximum atomic E-state index is 12.8. The number of ether oxygens (including phenoxy) is 1. The Morgan fingerprint density at radius 1 is 1.07 bits per heavy atom. The molecule has 156 valence electrons. The van der Waals surface area contributed by atoms with Gasteiger partial charge in [0, 0.05) is 24.5 Å². The first-order valence-corrected chi connectivity index (χ1v) is 12.8. The molecule has 0 spiro atoms. The molecule has 2 aliphatic rings. The number of esters is 1. The molecule has 2 aliphatic heterocycles. The van der Waals surface area contributed by atoms with Gasteiger partial charge in [-0.25, -0.2) is 13.2 Å². The molecule has 2 fully saturated rings. The van der Waals surface area contributed by atoms with E-state index in [4.69, 9.17) is 4.74 Å². The maximum absolute atomic E-state index is 12.8. The lowest BCUT2D eigenvalue weighted by atomic mass is 10.2. The summed E-state index contributed by atoms with van der Waals surface area (Å²) in [5.74, 6) is -1.02. The van der Waals surface area contributed by atoms with Crippen LogP contribution in [0.1, 0.15) is 46.3 Å². The number of likely N-dealkylation sites (tertiary alicyclic amines) is 1. The molecule has 29 heavy (non-hydrogen) atoms. The van der Waals surface area contributed by atoms with Crippen LogP contribution in [0.25, 0.3) is 0 Å². The first kappa shape index (κ1) is 20.5. The van der Waals surface area contributed by atoms with E-state index in [1.807, 2.05) is 17.5 Å². The Labute approximate surface area is 177 Å². The monoisotopic (exact) mass is 454 g/mol. The Morgan fingerprint density at radius 2 is 1.86 bits per heavy atom. The molecule has 7 nitrogen and oxygen atoms in total. The van der Waals surface area contributed by atoms with Crippen molar-refractivity contribution in [3.8, 4) is 0 Å². The highest BCUT2D eigenvalue weighted by Gasteiger charge is 2.34. The van der Waals surface area contributed by atoms with E-state index in [1.54, 1.807) is 21.6 Å². The van der Waals surface area contributed by atoms with Crippen LogP contribution in [0.15, 0.2) is 33.9 Å². The van der Waals surface area contributed by atoms with Gasteiger partial charge < -0.3 is 9.64 Å². The van der Waals surface area contributed by atoms with E-state index in [2.05, 4.69) is 0 Å². The molecule has 1 unspecified atom stereocenters. The van der Waals surface area contributed by atoms with Gasteiger partial charge in [0.05, 0.1) is 6.04 Å². The fourth-order valence-corrected chi connectivity index (χ4v) is 7.51. The number of carbonyl (C=O) groups is 2. The van der Waals surface area contributed by atoms with Crippen LogP contribution < -0.4 is 0 Å². The highest BCUT2D eigenvalue weighted by Crippen LogP contribution is 2.34. The topological polar surface area (TPSA) is 84.0 Å². The Morgan fingerprint density at radius 3 is 2.59 bits per heavy atom. The minimum atomic E-state index is -3.71. The molecule has 2 aromatic rings. The van der Waals surface area contributed by atoms with Crippen molar-refractivity contribution in [2.24, 2.45) is 0 Å². The smallest absolute Gasteiger partial charge is 0.350 e. The highest BCUT2D eigenvalue weighted by molar-refractivity contribution is 7.89. The van der Waals surface area contributed by atoms with Gasteiger partial charge in [0.25, 0.3) is 5.91 Å². The zero-order valence-corrected chi connectivity index (χ0v) is 18.2. The van der Waals surface area contributed by atoms with Crippen molar-refractivity contribution in [3.05, 3.63) is 38.7 Å². The van der Waals surface area contributed by atoms with Crippen molar-refractivity contribution in [2.75, 3.05) is 26.2 Å². The quantitative estimate of drug-likeness (QED) is 0.626. The van der Waals surface area contributed by atoms with E-state index in [0.29, 0.717) is 19.6 Å². The molecule has 1 amide bonds. The molecule has 0 saturated carbocycles. The predicted octanol–water partition coefficient (Wildman–Crippen LogP) is 3.11. The lowest BCUT2D eigenvalue weighted by molar-refractivity contribution is -0.135. The molecule has 0 N–H and O–H groups in total. The molecule has 2 aromatic heterocycles. The van der Waals surface area contributed by atoms with Crippen LogP contribution in [0.5, 0.6) is 0 Å². The molecule has 0 aromatic carbocycles. The second-order valence-corrected chi connectivity index (χ2v) is 10.9. The Kier molecular flexibility index (Phi) is 6.05. The molecule has 2 saturated heterocycles. The summed E-state index contributed by atoms with van der Waals surface area (Å²) in [4.78, 5) is 28.1. The van der Waals surface area contributed by atoms with E-state index >= 15 is 0 Å². The van der Waals surface area contributed by atoms with Gasteiger partial charge in [0.2, 0.25) is 10.0 Å². The summed E-state index contributed by atoms with van der Waals surface area (Å²) in [7, 11) is -3.71. The first-order chi connectivity index (χ1) is 14.0. The SMILES string of the molecule is O=C(OCC(=O)N1CCCC1c1cccs1)c1sccc1S(=O)(=O)N1CCCC1. The summed E-state index contributed by atoms with van der Waals surface area (Å²) in [6.45, 7) is 1.17. The van der Waals surface area contributed by atoms with Gasteiger partial charge in [-0.1, -0.05) is 6.07 Å². The average molecular weight is 455 g/mol. The summed E-state index contributed by atoms with van der Waals surface area (Å²) < 4.78 is 32.2. The van der Waals surface area contributed by atoms with E-state index in [-0.39, 0.29) is 28.3 Å². The maximum Gasteiger partial charge on any atom is 0.350 e. The van der Waals surface area contributed by atoms with Crippen LogP contribution in [0.3, 0.4) is 0 Å². The summed E-state index contributed by atoms with van der Waals surface area (Å²) >= 11 is 2.63. The predicted molar refractivity (Wildman–Crippen MR) is 111 cm³/mol. The number of nitrogens with zero attached hydrogens (tertiary/aromatic N) is 2. The van der Waals surface area contributed by atoms with Crippen molar-refractivity contribution >= 4 is 44.6 Å². The van der Waals surface area contributed by atoms with E-state index in [0.717, 1.165) is 41.9 Å². The first-order valence-electron chi connectivity index (χ1n) is 9.56. The van der Waals surface area contributed by atoms with Crippen LogP contribution in [-0.2, 0) is 19.6 Å². The lowest BCUT2D eigenvalue weighted by Crippen LogP contribution is -2.34. The minimum Gasteiger partial charge on any atom is -0.451 e. The largest absolute Gasteiger partial charge is 0.451 e. The van der Waals surface area contributed by atoms with Crippen molar-refractivity contribution < 1.29 is 22.7 Å². The van der Waals surface area contributed by atoms with Crippen LogP contribution in [-0.4, -0.2) is 55.7 Å². The fourth-order valence-electron chi connectivity index (χ4n) is 3.83. The third-order valence-electron chi connectivity index (χ3n) is 5.27. The number of rotatable bonds is 6. The van der Waals surface area contributed by atoms with Crippen molar-refractivity contribution in [2.45, 2.75) is 36.6 Å². The molecular weight excluding hydrogens is 432 g/mol. The minimum absolute atomic E-state index is 0.0223. The van der Waals surface area contributed by atoms with E-state index in [1.165, 1.54) is 10.4 Å². The molecule has 1 atom stereocenters. The Hall–Kier alpha value is -1.75. The summed E-state index contributed by atoms with van der Waals surface area (Å²) in [6, 6.07) is 5.42. The number of carbonyl (C=O) groups excluding carboxylic acids is 2. The molecule has 0 aliphatic carbocycles. The number of sulfonamides is 1. The average Bonchev–Trinajstić information content (AvgIpc) is 3.51. The van der Waals surface area contributed by atoms with Crippen LogP contribution in [0.2, 0.25) is 0 Å². The number of hydrogen-bond donors (Lipinski definition) is 0. The Balaban J connectivity index is 1.42. The zero-order valence-electron chi connectivity index (χ0n) is 15.8. The summed E-state index contributed by atoms with van der Waals surface area (Å²) in [5, 5.41) is 3.55. The second kappa shape index (κ2) is 8.55. The van der Waals surface area contributed by atoms with Gasteiger partial charge in [-0.2, -0.15) is 4.31 Å². The third-order valence-corrected chi connectivity index (χ3v) is 9.21. The van der Waals surface area contributed by atoms with Gasteiger partial charge in [0.15, 0.2) is 6.61 Å². The van der Waals surface area contributed by atoms with Crippen molar-refractivity contribution in [3.63, 3.8) is 0 Å². The van der Waals surface area contributed by atoms with Crippen LogP contribution in [0, 0.1) is 0 Å². The van der Waals surface area contributed by atoms with Crippen molar-refractivity contribution in [1.29, 1.82) is 0 Å². The summed E-state index contributed by atoms with van der Waals surface area (Å²) in [6.07, 6.45) is 3.44. The third kappa shape index (κ3) is 4.11. The van der Waals surface area contributed by atoms with Gasteiger partial charge in [-0.3, -0.25) is 4.79 Å². The molecule has 4 heterocycles. The van der Waals surface area contributed by atoms with Crippen LogP contribution >= 0.6 is 22.7 Å². The normalized spacial score (nSPS) is 20.3. The summed E-state index contributed by atoms with van der Waals surface area (Å²) in [5.41, 5.74) is 0. The van der Waals surface area contributed by atoms with Gasteiger partial charge in [0.1, 0.15) is 9.77 Å².